The van der Waals surface area contributed by atoms with Crippen LogP contribution in [0.2, 0.25) is 0 Å². The number of hydrogen-bond donors (Lipinski definition) is 1. The first-order valence-corrected chi connectivity index (χ1v) is 8.06. The smallest absolute Gasteiger partial charge is 0.244 e. The summed E-state index contributed by atoms with van der Waals surface area (Å²) in [5, 5.41) is 0. The number of rotatable bonds is 2. The van der Waals surface area contributed by atoms with Gasteiger partial charge in [0.1, 0.15) is 17.3 Å². The molecule has 2 unspecified atom stereocenters. The van der Waals surface area contributed by atoms with Crippen LogP contribution in [0.5, 0.6) is 0 Å². The van der Waals surface area contributed by atoms with Crippen molar-refractivity contribution in [1.82, 2.24) is 4.90 Å². The number of benzene rings is 1. The number of carbonyl (C=O) groups excluding carboxylic acids is 1. The Morgan fingerprint density at radius 3 is 2.43 bits per heavy atom. The Hall–Kier alpha value is -1.53. The zero-order chi connectivity index (χ0) is 16.8. The van der Waals surface area contributed by atoms with Gasteiger partial charge in [-0.05, 0) is 30.4 Å². The second kappa shape index (κ2) is 5.83. The van der Waals surface area contributed by atoms with E-state index in [0.717, 1.165) is 19.5 Å². The molecule has 2 aliphatic rings. The highest BCUT2D eigenvalue weighted by atomic mass is 19.1. The fraction of sp³-hybridized carbons (Fsp3) is 0.588. The molecule has 23 heavy (non-hydrogen) atoms. The summed E-state index contributed by atoms with van der Waals surface area (Å²) in [4.78, 5) is 16.1. The standard InChI is InChI=1S/C17H23F2N3O/c1-17(2)10-21(8-7-14(17)20)13-6-9-22(16(13)23)15-11(18)4-3-5-12(15)19/h3-5,13-14H,6-10,20H2,1-2H3. The van der Waals surface area contributed by atoms with E-state index in [2.05, 4.69) is 18.7 Å². The number of amides is 1. The van der Waals surface area contributed by atoms with E-state index in [-0.39, 0.29) is 29.1 Å². The van der Waals surface area contributed by atoms with Crippen LogP contribution in [0, 0.1) is 17.0 Å². The normalized spacial score (nSPS) is 28.4. The van der Waals surface area contributed by atoms with Gasteiger partial charge in [0.25, 0.3) is 0 Å². The van der Waals surface area contributed by atoms with Gasteiger partial charge in [-0.3, -0.25) is 9.69 Å². The van der Waals surface area contributed by atoms with Crippen molar-refractivity contribution in [3.8, 4) is 0 Å². The molecule has 2 N–H and O–H groups in total. The van der Waals surface area contributed by atoms with E-state index in [1.165, 1.54) is 23.1 Å². The summed E-state index contributed by atoms with van der Waals surface area (Å²) in [5.74, 6) is -1.61. The van der Waals surface area contributed by atoms with Crippen molar-refractivity contribution >= 4 is 11.6 Å². The largest absolute Gasteiger partial charge is 0.327 e. The van der Waals surface area contributed by atoms with Gasteiger partial charge in [0.05, 0.1) is 6.04 Å². The topological polar surface area (TPSA) is 49.6 Å². The van der Waals surface area contributed by atoms with Crippen LogP contribution in [0.25, 0.3) is 0 Å². The lowest BCUT2D eigenvalue weighted by molar-refractivity contribution is -0.123. The molecular weight excluding hydrogens is 300 g/mol. The third-order valence-electron chi connectivity index (χ3n) is 5.17. The van der Waals surface area contributed by atoms with Crippen LogP contribution >= 0.6 is 0 Å². The molecule has 2 aliphatic heterocycles. The first-order valence-electron chi connectivity index (χ1n) is 8.06. The molecule has 0 bridgehead atoms. The summed E-state index contributed by atoms with van der Waals surface area (Å²) in [7, 11) is 0. The monoisotopic (exact) mass is 323 g/mol. The summed E-state index contributed by atoms with van der Waals surface area (Å²) in [6.45, 7) is 5.99. The number of nitrogens with two attached hydrogens (primary N) is 1. The number of likely N-dealkylation sites (tertiary alicyclic amines) is 1. The van der Waals surface area contributed by atoms with Gasteiger partial charge in [0.15, 0.2) is 0 Å². The summed E-state index contributed by atoms with van der Waals surface area (Å²) >= 11 is 0. The van der Waals surface area contributed by atoms with Gasteiger partial charge >= 0.3 is 0 Å². The number of carbonyl (C=O) groups is 1. The highest BCUT2D eigenvalue weighted by Crippen LogP contribution is 2.33. The maximum atomic E-state index is 14.0. The van der Waals surface area contributed by atoms with Crippen LogP contribution in [0.3, 0.4) is 0 Å². The zero-order valence-electron chi connectivity index (χ0n) is 13.6. The molecule has 126 valence electrons. The Morgan fingerprint density at radius 1 is 1.17 bits per heavy atom. The Morgan fingerprint density at radius 2 is 1.83 bits per heavy atom. The van der Waals surface area contributed by atoms with Gasteiger partial charge in [-0.2, -0.15) is 0 Å². The van der Waals surface area contributed by atoms with Crippen molar-refractivity contribution in [2.45, 2.75) is 38.8 Å². The summed E-state index contributed by atoms with van der Waals surface area (Å²) in [6, 6.07) is 3.46. The van der Waals surface area contributed by atoms with Crippen LogP contribution < -0.4 is 10.6 Å². The molecule has 1 amide bonds. The number of anilines is 1. The van der Waals surface area contributed by atoms with Gasteiger partial charge in [-0.15, -0.1) is 0 Å². The molecule has 0 radical (unpaired) electrons. The first-order chi connectivity index (χ1) is 10.8. The number of para-hydroxylation sites is 1. The Kier molecular flexibility index (Phi) is 4.14. The Bertz CT molecular complexity index is 600. The van der Waals surface area contributed by atoms with Crippen molar-refractivity contribution in [2.75, 3.05) is 24.5 Å². The van der Waals surface area contributed by atoms with Crippen LogP contribution in [0.15, 0.2) is 18.2 Å². The van der Waals surface area contributed by atoms with Crippen molar-refractivity contribution < 1.29 is 13.6 Å². The fourth-order valence-electron chi connectivity index (χ4n) is 3.65. The van der Waals surface area contributed by atoms with E-state index >= 15 is 0 Å². The van der Waals surface area contributed by atoms with Gasteiger partial charge in [0.2, 0.25) is 5.91 Å². The van der Waals surface area contributed by atoms with E-state index in [9.17, 15) is 13.6 Å². The van der Waals surface area contributed by atoms with E-state index in [1.807, 2.05) is 0 Å². The lowest BCUT2D eigenvalue weighted by Gasteiger charge is -2.44. The average Bonchev–Trinajstić information content (AvgIpc) is 2.84. The van der Waals surface area contributed by atoms with Gasteiger partial charge in [-0.1, -0.05) is 19.9 Å². The minimum atomic E-state index is -0.694. The zero-order valence-corrected chi connectivity index (χ0v) is 13.6. The first kappa shape index (κ1) is 16.3. The second-order valence-electron chi connectivity index (χ2n) is 7.22. The fourth-order valence-corrected chi connectivity index (χ4v) is 3.65. The summed E-state index contributed by atoms with van der Waals surface area (Å²) in [5.41, 5.74) is 5.84. The molecule has 2 atom stereocenters. The van der Waals surface area contributed by atoms with E-state index in [0.29, 0.717) is 13.0 Å². The number of nitrogens with zero attached hydrogens (tertiary/aromatic N) is 2. The molecule has 0 aliphatic carbocycles. The molecule has 0 spiro atoms. The molecule has 6 heteroatoms. The Balaban J connectivity index is 1.80. The molecule has 1 aromatic carbocycles. The number of hydrogen-bond acceptors (Lipinski definition) is 3. The molecule has 2 heterocycles. The predicted molar refractivity (Wildman–Crippen MR) is 85.1 cm³/mol. The third-order valence-corrected chi connectivity index (χ3v) is 5.17. The maximum absolute atomic E-state index is 14.0. The lowest BCUT2D eigenvalue weighted by Crippen LogP contribution is -2.56. The number of halogens is 2. The molecule has 4 nitrogen and oxygen atoms in total. The lowest BCUT2D eigenvalue weighted by atomic mass is 9.79. The molecule has 0 aromatic heterocycles. The third kappa shape index (κ3) is 2.85. The predicted octanol–water partition coefficient (Wildman–Crippen LogP) is 2.13. The van der Waals surface area contributed by atoms with Gasteiger partial charge in [-0.25, -0.2) is 8.78 Å². The SMILES string of the molecule is CC1(C)CN(C2CCN(c3c(F)cccc3F)C2=O)CCC1N. The van der Waals surface area contributed by atoms with Crippen LogP contribution in [0.4, 0.5) is 14.5 Å². The molecule has 3 rings (SSSR count). The second-order valence-corrected chi connectivity index (χ2v) is 7.22. The van der Waals surface area contributed by atoms with Gasteiger partial charge < -0.3 is 10.6 Å². The number of piperidine rings is 1. The molecule has 0 saturated carbocycles. The van der Waals surface area contributed by atoms with Crippen LogP contribution in [-0.4, -0.2) is 42.5 Å². The van der Waals surface area contributed by atoms with Crippen molar-refractivity contribution in [2.24, 2.45) is 11.1 Å². The van der Waals surface area contributed by atoms with Crippen molar-refractivity contribution in [1.29, 1.82) is 0 Å². The van der Waals surface area contributed by atoms with E-state index in [1.54, 1.807) is 0 Å². The van der Waals surface area contributed by atoms with E-state index < -0.39 is 11.6 Å². The van der Waals surface area contributed by atoms with Crippen molar-refractivity contribution in [3.05, 3.63) is 29.8 Å². The minimum absolute atomic E-state index is 0.0742. The van der Waals surface area contributed by atoms with Gasteiger partial charge in [0, 0.05) is 25.7 Å². The summed E-state index contributed by atoms with van der Waals surface area (Å²) < 4.78 is 27.9. The van der Waals surface area contributed by atoms with E-state index in [4.69, 9.17) is 5.73 Å². The Labute approximate surface area is 135 Å². The minimum Gasteiger partial charge on any atom is -0.327 e. The quantitative estimate of drug-likeness (QED) is 0.907. The highest BCUT2D eigenvalue weighted by Gasteiger charge is 2.43. The summed E-state index contributed by atoms with van der Waals surface area (Å²) in [6.07, 6.45) is 1.41. The van der Waals surface area contributed by atoms with Crippen LogP contribution in [-0.2, 0) is 4.79 Å². The highest BCUT2D eigenvalue weighted by molar-refractivity contribution is 5.99. The maximum Gasteiger partial charge on any atom is 0.244 e. The molecule has 2 fully saturated rings. The molecule has 2 saturated heterocycles. The average molecular weight is 323 g/mol. The van der Waals surface area contributed by atoms with Crippen LogP contribution in [0.1, 0.15) is 26.7 Å². The molecular formula is C17H23F2N3O. The van der Waals surface area contributed by atoms with Crippen molar-refractivity contribution in [3.63, 3.8) is 0 Å². The molecule has 1 aromatic rings.